The van der Waals surface area contributed by atoms with Crippen molar-refractivity contribution in [2.45, 2.75) is 44.6 Å². The number of ether oxygens (including phenoxy) is 2. The van der Waals surface area contributed by atoms with Gasteiger partial charge in [-0.25, -0.2) is 0 Å². The standard InChI is InChI=1S/C17H25NO3/c1-3-13-6-4-8-15(12-13)21-11-9-14-7-5-10-17(14,18)16(19)20-2/h4,6,8,12,14H,3,5,7,9-11,18H2,1-2H3. The Morgan fingerprint density at radius 1 is 1.48 bits per heavy atom. The predicted molar refractivity (Wildman–Crippen MR) is 82.2 cm³/mol. The van der Waals surface area contributed by atoms with E-state index in [0.717, 1.165) is 31.4 Å². The number of methoxy groups -OCH3 is 1. The molecule has 4 nitrogen and oxygen atoms in total. The number of nitrogens with two attached hydrogens (primary N) is 1. The minimum atomic E-state index is -0.830. The van der Waals surface area contributed by atoms with Crippen LogP contribution >= 0.6 is 0 Å². The topological polar surface area (TPSA) is 61.5 Å². The molecule has 21 heavy (non-hydrogen) atoms. The number of aryl methyl sites for hydroxylation is 1. The van der Waals surface area contributed by atoms with Crippen LogP contribution in [0.4, 0.5) is 0 Å². The third-order valence-electron chi connectivity index (χ3n) is 4.48. The number of carbonyl (C=O) groups is 1. The quantitative estimate of drug-likeness (QED) is 0.819. The van der Waals surface area contributed by atoms with Gasteiger partial charge in [-0.1, -0.05) is 25.5 Å². The van der Waals surface area contributed by atoms with E-state index in [-0.39, 0.29) is 11.9 Å². The molecule has 1 aromatic rings. The van der Waals surface area contributed by atoms with Crippen LogP contribution in [0.3, 0.4) is 0 Å². The molecule has 2 unspecified atom stereocenters. The first-order chi connectivity index (χ1) is 10.1. The molecule has 0 amide bonds. The molecule has 4 heteroatoms. The Hall–Kier alpha value is -1.55. The highest BCUT2D eigenvalue weighted by Gasteiger charge is 2.46. The van der Waals surface area contributed by atoms with E-state index in [1.807, 2.05) is 12.1 Å². The molecule has 2 rings (SSSR count). The Morgan fingerprint density at radius 2 is 2.29 bits per heavy atom. The predicted octanol–water partition coefficient (Wildman–Crippen LogP) is 2.69. The molecule has 1 aliphatic rings. The zero-order chi connectivity index (χ0) is 15.3. The molecule has 1 saturated carbocycles. The van der Waals surface area contributed by atoms with Gasteiger partial charge in [0.25, 0.3) is 0 Å². The average molecular weight is 291 g/mol. The summed E-state index contributed by atoms with van der Waals surface area (Å²) in [4.78, 5) is 11.9. The average Bonchev–Trinajstić information content (AvgIpc) is 2.89. The van der Waals surface area contributed by atoms with Crippen LogP contribution in [0.1, 0.15) is 38.2 Å². The minimum Gasteiger partial charge on any atom is -0.494 e. The SMILES string of the molecule is CCc1cccc(OCCC2CCCC2(N)C(=O)OC)c1. The highest BCUT2D eigenvalue weighted by atomic mass is 16.5. The number of hydrogen-bond donors (Lipinski definition) is 1. The number of benzene rings is 1. The zero-order valence-electron chi connectivity index (χ0n) is 12.9. The summed E-state index contributed by atoms with van der Waals surface area (Å²) in [6.07, 6.45) is 4.41. The highest BCUT2D eigenvalue weighted by molar-refractivity contribution is 5.81. The van der Waals surface area contributed by atoms with Gasteiger partial charge in [-0.15, -0.1) is 0 Å². The fourth-order valence-electron chi connectivity index (χ4n) is 3.14. The summed E-state index contributed by atoms with van der Waals surface area (Å²) in [7, 11) is 1.40. The Kier molecular flexibility index (Phi) is 5.23. The van der Waals surface area contributed by atoms with Crippen molar-refractivity contribution in [2.24, 2.45) is 11.7 Å². The molecular formula is C17H25NO3. The van der Waals surface area contributed by atoms with Crippen molar-refractivity contribution in [3.63, 3.8) is 0 Å². The van der Waals surface area contributed by atoms with Crippen molar-refractivity contribution >= 4 is 5.97 Å². The third kappa shape index (κ3) is 3.56. The lowest BCUT2D eigenvalue weighted by Crippen LogP contribution is -2.52. The van der Waals surface area contributed by atoms with Gasteiger partial charge in [-0.3, -0.25) is 4.79 Å². The summed E-state index contributed by atoms with van der Waals surface area (Å²) in [6.45, 7) is 2.70. The second-order valence-corrected chi connectivity index (χ2v) is 5.76. The Labute approximate surface area is 126 Å². The molecule has 116 valence electrons. The molecule has 0 radical (unpaired) electrons. The second kappa shape index (κ2) is 6.94. The van der Waals surface area contributed by atoms with E-state index in [9.17, 15) is 4.79 Å². The molecule has 0 bridgehead atoms. The first-order valence-electron chi connectivity index (χ1n) is 7.69. The molecule has 0 aliphatic heterocycles. The van der Waals surface area contributed by atoms with E-state index < -0.39 is 5.54 Å². The van der Waals surface area contributed by atoms with Crippen molar-refractivity contribution in [3.05, 3.63) is 29.8 Å². The van der Waals surface area contributed by atoms with E-state index in [1.54, 1.807) is 0 Å². The molecule has 2 atom stereocenters. The summed E-state index contributed by atoms with van der Waals surface area (Å²) in [5.41, 5.74) is 6.68. The van der Waals surface area contributed by atoms with Gasteiger partial charge in [-0.05, 0) is 49.3 Å². The van der Waals surface area contributed by atoms with Gasteiger partial charge in [0.05, 0.1) is 13.7 Å². The highest BCUT2D eigenvalue weighted by Crippen LogP contribution is 2.37. The van der Waals surface area contributed by atoms with Gasteiger partial charge in [0.1, 0.15) is 11.3 Å². The van der Waals surface area contributed by atoms with Crippen LogP contribution in [0.5, 0.6) is 5.75 Å². The van der Waals surface area contributed by atoms with Crippen LogP contribution in [-0.4, -0.2) is 25.2 Å². The lowest BCUT2D eigenvalue weighted by Gasteiger charge is -2.28. The maximum atomic E-state index is 11.9. The van der Waals surface area contributed by atoms with Crippen LogP contribution in [0.15, 0.2) is 24.3 Å². The number of carbonyl (C=O) groups excluding carboxylic acids is 1. The monoisotopic (exact) mass is 291 g/mol. The number of esters is 1. The largest absolute Gasteiger partial charge is 0.494 e. The first kappa shape index (κ1) is 15.8. The van der Waals surface area contributed by atoms with E-state index in [4.69, 9.17) is 15.2 Å². The zero-order valence-corrected chi connectivity index (χ0v) is 12.9. The number of hydrogen-bond acceptors (Lipinski definition) is 4. The van der Waals surface area contributed by atoms with Crippen LogP contribution in [-0.2, 0) is 16.0 Å². The lowest BCUT2D eigenvalue weighted by molar-refractivity contribution is -0.148. The van der Waals surface area contributed by atoms with Gasteiger partial charge in [0.15, 0.2) is 0 Å². The molecular weight excluding hydrogens is 266 g/mol. The molecule has 1 aromatic carbocycles. The van der Waals surface area contributed by atoms with Gasteiger partial charge in [0.2, 0.25) is 0 Å². The molecule has 1 fully saturated rings. The van der Waals surface area contributed by atoms with Crippen molar-refractivity contribution in [2.75, 3.05) is 13.7 Å². The fourth-order valence-corrected chi connectivity index (χ4v) is 3.14. The van der Waals surface area contributed by atoms with Crippen LogP contribution in [0.25, 0.3) is 0 Å². The fraction of sp³-hybridized carbons (Fsp3) is 0.588. The summed E-state index contributed by atoms with van der Waals surface area (Å²) >= 11 is 0. The van der Waals surface area contributed by atoms with E-state index in [1.165, 1.54) is 12.7 Å². The molecule has 0 aromatic heterocycles. The van der Waals surface area contributed by atoms with E-state index >= 15 is 0 Å². The Bertz CT molecular complexity index is 489. The maximum Gasteiger partial charge on any atom is 0.326 e. The van der Waals surface area contributed by atoms with Crippen molar-refractivity contribution in [1.29, 1.82) is 0 Å². The second-order valence-electron chi connectivity index (χ2n) is 5.76. The maximum absolute atomic E-state index is 11.9. The van der Waals surface area contributed by atoms with Crippen LogP contribution in [0.2, 0.25) is 0 Å². The van der Waals surface area contributed by atoms with Crippen molar-refractivity contribution in [1.82, 2.24) is 0 Å². The van der Waals surface area contributed by atoms with Crippen LogP contribution in [0, 0.1) is 5.92 Å². The van der Waals surface area contributed by atoms with Gasteiger partial charge in [-0.2, -0.15) is 0 Å². The van der Waals surface area contributed by atoms with Gasteiger partial charge >= 0.3 is 5.97 Å². The van der Waals surface area contributed by atoms with Gasteiger partial charge in [0, 0.05) is 0 Å². The normalized spacial score (nSPS) is 24.8. The molecule has 1 aliphatic carbocycles. The molecule has 0 heterocycles. The van der Waals surface area contributed by atoms with E-state index in [0.29, 0.717) is 13.0 Å². The summed E-state index contributed by atoms with van der Waals surface area (Å²) in [5.74, 6) is 0.727. The first-order valence-corrected chi connectivity index (χ1v) is 7.69. The minimum absolute atomic E-state index is 0.138. The van der Waals surface area contributed by atoms with Crippen LogP contribution < -0.4 is 10.5 Å². The molecule has 0 saturated heterocycles. The Balaban J connectivity index is 1.89. The smallest absolute Gasteiger partial charge is 0.326 e. The molecule has 0 spiro atoms. The summed E-state index contributed by atoms with van der Waals surface area (Å²) in [6, 6.07) is 8.12. The number of rotatable bonds is 6. The Morgan fingerprint density at radius 3 is 3.00 bits per heavy atom. The van der Waals surface area contributed by atoms with Gasteiger partial charge < -0.3 is 15.2 Å². The third-order valence-corrected chi connectivity index (χ3v) is 4.48. The summed E-state index contributed by atoms with van der Waals surface area (Å²) in [5, 5.41) is 0. The summed E-state index contributed by atoms with van der Waals surface area (Å²) < 4.78 is 10.7. The van der Waals surface area contributed by atoms with Crippen molar-refractivity contribution in [3.8, 4) is 5.75 Å². The van der Waals surface area contributed by atoms with Crippen molar-refractivity contribution < 1.29 is 14.3 Å². The lowest BCUT2D eigenvalue weighted by atomic mass is 9.86. The van der Waals surface area contributed by atoms with E-state index in [2.05, 4.69) is 19.1 Å². The molecule has 2 N–H and O–H groups in total.